The van der Waals surface area contributed by atoms with Crippen molar-refractivity contribution in [3.8, 4) is 0 Å². The Hall–Kier alpha value is -2.82. The molecule has 0 bridgehead atoms. The largest absolute Gasteiger partial charge is 0.478 e. The maximum absolute atomic E-state index is 10.9. The van der Waals surface area contributed by atoms with Gasteiger partial charge in [-0.15, -0.1) is 0 Å². The van der Waals surface area contributed by atoms with Gasteiger partial charge in [-0.2, -0.15) is 0 Å². The molecule has 2 aromatic rings. The van der Waals surface area contributed by atoms with Crippen LogP contribution in [0.1, 0.15) is 26.3 Å². The van der Waals surface area contributed by atoms with Gasteiger partial charge in [-0.1, -0.05) is 6.07 Å². The molecule has 3 N–H and O–H groups in total. The van der Waals surface area contributed by atoms with Crippen molar-refractivity contribution >= 4 is 23.3 Å². The van der Waals surface area contributed by atoms with Crippen LogP contribution >= 0.6 is 0 Å². The van der Waals surface area contributed by atoms with E-state index in [2.05, 4.69) is 5.32 Å². The van der Waals surface area contributed by atoms with E-state index in [1.165, 1.54) is 18.2 Å². The zero-order chi connectivity index (χ0) is 14.7. The highest BCUT2D eigenvalue weighted by atomic mass is 16.4. The lowest BCUT2D eigenvalue weighted by molar-refractivity contribution is 0.0686. The fourth-order valence-corrected chi connectivity index (χ4v) is 1.74. The second-order valence-corrected chi connectivity index (χ2v) is 4.34. The predicted octanol–water partition coefficient (Wildman–Crippen LogP) is 3.14. The lowest BCUT2D eigenvalue weighted by atomic mass is 10.1. The summed E-state index contributed by atoms with van der Waals surface area (Å²) in [4.78, 5) is 21.7. The molecule has 0 spiro atoms. The standard InChI is InChI=1S/C15H13NO4/c1-9-2-3-11(15(19)20)8-13(9)16-12-6-4-10(5-7-12)14(17)18/h2-8,16H,1H3,(H,17,18)(H,19,20). The molecule has 0 amide bonds. The smallest absolute Gasteiger partial charge is 0.335 e. The highest BCUT2D eigenvalue weighted by Gasteiger charge is 2.07. The van der Waals surface area contributed by atoms with E-state index in [0.717, 1.165) is 5.56 Å². The van der Waals surface area contributed by atoms with Gasteiger partial charge in [-0.25, -0.2) is 9.59 Å². The molecule has 2 aromatic carbocycles. The SMILES string of the molecule is Cc1ccc(C(=O)O)cc1Nc1ccc(C(=O)O)cc1. The number of carboxylic acid groups (broad SMARTS) is 2. The summed E-state index contributed by atoms with van der Waals surface area (Å²) in [6.45, 7) is 1.86. The van der Waals surface area contributed by atoms with Crippen molar-refractivity contribution < 1.29 is 19.8 Å². The Balaban J connectivity index is 2.27. The maximum Gasteiger partial charge on any atom is 0.335 e. The topological polar surface area (TPSA) is 86.6 Å². The van der Waals surface area contributed by atoms with E-state index in [9.17, 15) is 9.59 Å². The molecule has 2 rings (SSSR count). The molecule has 0 unspecified atom stereocenters. The first-order chi connectivity index (χ1) is 9.47. The third-order valence-electron chi connectivity index (χ3n) is 2.90. The minimum absolute atomic E-state index is 0.195. The average Bonchev–Trinajstić information content (AvgIpc) is 2.41. The van der Waals surface area contributed by atoms with E-state index in [1.54, 1.807) is 24.3 Å². The molecule has 0 aliphatic heterocycles. The Kier molecular flexibility index (Phi) is 3.70. The van der Waals surface area contributed by atoms with E-state index in [0.29, 0.717) is 11.4 Å². The van der Waals surface area contributed by atoms with Crippen LogP contribution in [-0.4, -0.2) is 22.2 Å². The molecule has 0 aliphatic rings. The van der Waals surface area contributed by atoms with Gasteiger partial charge in [0.2, 0.25) is 0 Å². The molecule has 0 fully saturated rings. The second-order valence-electron chi connectivity index (χ2n) is 4.34. The van der Waals surface area contributed by atoms with Crippen LogP contribution in [0.4, 0.5) is 11.4 Å². The third-order valence-corrected chi connectivity index (χ3v) is 2.90. The van der Waals surface area contributed by atoms with Gasteiger partial charge in [0, 0.05) is 11.4 Å². The third kappa shape index (κ3) is 2.95. The van der Waals surface area contributed by atoms with Gasteiger partial charge in [-0.3, -0.25) is 0 Å². The average molecular weight is 271 g/mol. The van der Waals surface area contributed by atoms with Crippen LogP contribution in [-0.2, 0) is 0 Å². The Labute approximate surface area is 115 Å². The normalized spacial score (nSPS) is 10.1. The molecular formula is C15H13NO4. The quantitative estimate of drug-likeness (QED) is 0.795. The molecule has 0 radical (unpaired) electrons. The Morgan fingerprint density at radius 1 is 0.900 bits per heavy atom. The van der Waals surface area contributed by atoms with E-state index in [-0.39, 0.29) is 11.1 Å². The van der Waals surface area contributed by atoms with Crippen molar-refractivity contribution in [2.24, 2.45) is 0 Å². The van der Waals surface area contributed by atoms with Crippen LogP contribution < -0.4 is 5.32 Å². The highest BCUT2D eigenvalue weighted by Crippen LogP contribution is 2.22. The van der Waals surface area contributed by atoms with Gasteiger partial charge >= 0.3 is 11.9 Å². The van der Waals surface area contributed by atoms with Crippen molar-refractivity contribution in [3.05, 3.63) is 59.2 Å². The molecule has 0 saturated heterocycles. The molecule has 5 nitrogen and oxygen atoms in total. The van der Waals surface area contributed by atoms with Crippen molar-refractivity contribution in [1.82, 2.24) is 0 Å². The summed E-state index contributed by atoms with van der Waals surface area (Å²) >= 11 is 0. The summed E-state index contributed by atoms with van der Waals surface area (Å²) in [6, 6.07) is 11.0. The first-order valence-electron chi connectivity index (χ1n) is 5.91. The van der Waals surface area contributed by atoms with Crippen LogP contribution in [0.15, 0.2) is 42.5 Å². The number of hydrogen-bond donors (Lipinski definition) is 3. The van der Waals surface area contributed by atoms with E-state index < -0.39 is 11.9 Å². The predicted molar refractivity (Wildman–Crippen MR) is 74.8 cm³/mol. The zero-order valence-electron chi connectivity index (χ0n) is 10.8. The molecule has 0 aromatic heterocycles. The molecule has 0 heterocycles. The number of nitrogens with one attached hydrogen (secondary N) is 1. The van der Waals surface area contributed by atoms with Crippen LogP contribution in [0.25, 0.3) is 0 Å². The Morgan fingerprint density at radius 2 is 1.45 bits per heavy atom. The monoisotopic (exact) mass is 271 g/mol. The molecule has 102 valence electrons. The van der Waals surface area contributed by atoms with Crippen LogP contribution in [0.3, 0.4) is 0 Å². The van der Waals surface area contributed by atoms with E-state index in [1.807, 2.05) is 6.92 Å². The Bertz CT molecular complexity index is 662. The summed E-state index contributed by atoms with van der Waals surface area (Å²) in [5.41, 5.74) is 2.66. The van der Waals surface area contributed by atoms with Gasteiger partial charge in [0.1, 0.15) is 0 Å². The summed E-state index contributed by atoms with van der Waals surface area (Å²) in [5, 5.41) is 20.9. The zero-order valence-corrected chi connectivity index (χ0v) is 10.8. The number of aryl methyl sites for hydroxylation is 1. The molecule has 0 aliphatic carbocycles. The summed E-state index contributed by atoms with van der Waals surface area (Å²) < 4.78 is 0. The molecular weight excluding hydrogens is 258 g/mol. The molecule has 20 heavy (non-hydrogen) atoms. The van der Waals surface area contributed by atoms with Gasteiger partial charge < -0.3 is 15.5 Å². The first-order valence-corrected chi connectivity index (χ1v) is 5.91. The minimum atomic E-state index is -0.991. The number of carboxylic acids is 2. The van der Waals surface area contributed by atoms with E-state index >= 15 is 0 Å². The van der Waals surface area contributed by atoms with Crippen molar-refractivity contribution in [2.45, 2.75) is 6.92 Å². The van der Waals surface area contributed by atoms with Gasteiger partial charge in [0.15, 0.2) is 0 Å². The Morgan fingerprint density at radius 3 is 2.00 bits per heavy atom. The number of benzene rings is 2. The number of hydrogen-bond acceptors (Lipinski definition) is 3. The molecule has 0 atom stereocenters. The van der Waals surface area contributed by atoms with Crippen LogP contribution in [0.2, 0.25) is 0 Å². The second kappa shape index (κ2) is 5.44. The lowest BCUT2D eigenvalue weighted by Crippen LogP contribution is -2.00. The lowest BCUT2D eigenvalue weighted by Gasteiger charge is -2.10. The number of anilines is 2. The number of rotatable bonds is 4. The fraction of sp³-hybridized carbons (Fsp3) is 0.0667. The van der Waals surface area contributed by atoms with E-state index in [4.69, 9.17) is 10.2 Å². The van der Waals surface area contributed by atoms with Crippen molar-refractivity contribution in [3.63, 3.8) is 0 Å². The van der Waals surface area contributed by atoms with Crippen LogP contribution in [0.5, 0.6) is 0 Å². The van der Waals surface area contributed by atoms with Gasteiger partial charge in [0.25, 0.3) is 0 Å². The molecule has 0 saturated carbocycles. The minimum Gasteiger partial charge on any atom is -0.478 e. The van der Waals surface area contributed by atoms with Crippen molar-refractivity contribution in [2.75, 3.05) is 5.32 Å². The summed E-state index contributed by atoms with van der Waals surface area (Å²) in [5.74, 6) is -1.98. The van der Waals surface area contributed by atoms with Crippen molar-refractivity contribution in [1.29, 1.82) is 0 Å². The number of carbonyl (C=O) groups is 2. The fourth-order valence-electron chi connectivity index (χ4n) is 1.74. The first kappa shape index (κ1) is 13.6. The van der Waals surface area contributed by atoms with Crippen LogP contribution in [0, 0.1) is 6.92 Å². The summed E-state index contributed by atoms with van der Waals surface area (Å²) in [7, 11) is 0. The highest BCUT2D eigenvalue weighted by molar-refractivity contribution is 5.90. The van der Waals surface area contributed by atoms with Gasteiger partial charge in [0.05, 0.1) is 11.1 Å². The summed E-state index contributed by atoms with van der Waals surface area (Å²) in [6.07, 6.45) is 0. The number of aromatic carboxylic acids is 2. The van der Waals surface area contributed by atoms with Gasteiger partial charge in [-0.05, 0) is 48.9 Å². The molecule has 5 heteroatoms. The maximum atomic E-state index is 10.9.